The smallest absolute Gasteiger partial charge is 0.433 e. The van der Waals surface area contributed by atoms with Crippen LogP contribution >= 0.6 is 23.4 Å². The van der Waals surface area contributed by atoms with Crippen LogP contribution in [0.3, 0.4) is 0 Å². The van der Waals surface area contributed by atoms with E-state index >= 15 is 0 Å². The van der Waals surface area contributed by atoms with Gasteiger partial charge >= 0.3 is 6.18 Å². The first-order chi connectivity index (χ1) is 12.8. The van der Waals surface area contributed by atoms with E-state index in [1.807, 2.05) is 0 Å². The van der Waals surface area contributed by atoms with Crippen LogP contribution in [0.25, 0.3) is 0 Å². The molecule has 3 aromatic rings. The van der Waals surface area contributed by atoms with Gasteiger partial charge in [-0.05, 0) is 23.8 Å². The number of alkyl halides is 3. The SMILES string of the molecule is Fc1ccccc1CSc1nc(Oc2ccccc2Cl)cc(C(F)(F)F)n1. The van der Waals surface area contributed by atoms with Gasteiger partial charge < -0.3 is 4.74 Å². The third-order valence-electron chi connectivity index (χ3n) is 3.34. The van der Waals surface area contributed by atoms with Crippen molar-refractivity contribution in [3.05, 3.63) is 76.7 Å². The predicted molar refractivity (Wildman–Crippen MR) is 94.5 cm³/mol. The van der Waals surface area contributed by atoms with Crippen molar-refractivity contribution in [3.63, 3.8) is 0 Å². The predicted octanol–water partition coefficient (Wildman–Crippen LogP) is 6.37. The Bertz CT molecular complexity index is 953. The van der Waals surface area contributed by atoms with Crippen LogP contribution in [0.1, 0.15) is 11.3 Å². The summed E-state index contributed by atoms with van der Waals surface area (Å²) in [6, 6.07) is 13.0. The molecule has 9 heteroatoms. The van der Waals surface area contributed by atoms with Crippen LogP contribution in [0.4, 0.5) is 17.6 Å². The molecule has 0 amide bonds. The van der Waals surface area contributed by atoms with Crippen LogP contribution in [-0.2, 0) is 11.9 Å². The van der Waals surface area contributed by atoms with Crippen molar-refractivity contribution in [2.45, 2.75) is 17.1 Å². The standard InChI is InChI=1S/C18H11ClF4N2OS/c19-12-6-2-4-8-14(12)26-16-9-15(18(21,22)23)24-17(25-16)27-10-11-5-1-3-7-13(11)20/h1-9H,10H2. The van der Waals surface area contributed by atoms with E-state index in [1.165, 1.54) is 30.3 Å². The van der Waals surface area contributed by atoms with E-state index in [0.717, 1.165) is 11.8 Å². The summed E-state index contributed by atoms with van der Waals surface area (Å²) < 4.78 is 58.5. The Morgan fingerprint density at radius 3 is 2.41 bits per heavy atom. The highest BCUT2D eigenvalue weighted by Crippen LogP contribution is 2.34. The number of rotatable bonds is 5. The molecule has 0 aliphatic heterocycles. The summed E-state index contributed by atoms with van der Waals surface area (Å²) in [7, 11) is 0. The lowest BCUT2D eigenvalue weighted by molar-refractivity contribution is -0.141. The van der Waals surface area contributed by atoms with Crippen LogP contribution < -0.4 is 4.74 Å². The van der Waals surface area contributed by atoms with E-state index in [0.29, 0.717) is 11.6 Å². The molecular weight excluding hydrogens is 404 g/mol. The number of hydrogen-bond acceptors (Lipinski definition) is 4. The lowest BCUT2D eigenvalue weighted by Crippen LogP contribution is -2.10. The Labute approximate surface area is 161 Å². The maximum atomic E-state index is 13.7. The summed E-state index contributed by atoms with van der Waals surface area (Å²) >= 11 is 6.84. The van der Waals surface area contributed by atoms with Gasteiger partial charge in [-0.3, -0.25) is 0 Å². The number of benzene rings is 2. The molecule has 0 aliphatic rings. The van der Waals surface area contributed by atoms with Gasteiger partial charge in [-0.25, -0.2) is 9.37 Å². The van der Waals surface area contributed by atoms with Gasteiger partial charge in [0.25, 0.3) is 0 Å². The minimum absolute atomic E-state index is 0.0690. The summed E-state index contributed by atoms with van der Waals surface area (Å²) in [4.78, 5) is 7.48. The van der Waals surface area contributed by atoms with Gasteiger partial charge in [-0.1, -0.05) is 53.7 Å². The summed E-state index contributed by atoms with van der Waals surface area (Å²) in [5.74, 6) is -0.526. The minimum Gasteiger partial charge on any atom is -0.437 e. The summed E-state index contributed by atoms with van der Waals surface area (Å²) in [5.41, 5.74) is -0.826. The molecule has 0 fully saturated rings. The van der Waals surface area contributed by atoms with E-state index in [-0.39, 0.29) is 27.6 Å². The first kappa shape index (κ1) is 19.4. The van der Waals surface area contributed by atoms with E-state index in [2.05, 4.69) is 9.97 Å². The van der Waals surface area contributed by atoms with Crippen molar-refractivity contribution in [2.75, 3.05) is 0 Å². The van der Waals surface area contributed by atoms with Gasteiger partial charge in [0.15, 0.2) is 10.9 Å². The second-order valence-corrected chi connectivity index (χ2v) is 6.63. The van der Waals surface area contributed by atoms with Crippen molar-refractivity contribution in [2.24, 2.45) is 0 Å². The van der Waals surface area contributed by atoms with E-state index in [1.54, 1.807) is 18.2 Å². The molecule has 3 rings (SSSR count). The molecule has 0 radical (unpaired) electrons. The normalized spacial score (nSPS) is 11.4. The molecule has 0 aliphatic carbocycles. The molecule has 3 nitrogen and oxygen atoms in total. The average Bonchev–Trinajstić information content (AvgIpc) is 2.62. The quantitative estimate of drug-likeness (QED) is 0.276. The van der Waals surface area contributed by atoms with Gasteiger partial charge in [-0.15, -0.1) is 0 Å². The van der Waals surface area contributed by atoms with E-state index < -0.39 is 17.7 Å². The Morgan fingerprint density at radius 1 is 1.00 bits per heavy atom. The molecule has 0 saturated carbocycles. The number of para-hydroxylation sites is 1. The highest BCUT2D eigenvalue weighted by atomic mass is 35.5. The summed E-state index contributed by atoms with van der Waals surface area (Å²) in [5, 5.41) is 0.0420. The fourth-order valence-electron chi connectivity index (χ4n) is 2.06. The molecule has 0 bridgehead atoms. The zero-order valence-corrected chi connectivity index (χ0v) is 15.1. The Balaban J connectivity index is 1.89. The molecule has 0 spiro atoms. The number of halogens is 5. The lowest BCUT2D eigenvalue weighted by Gasteiger charge is -2.11. The zero-order valence-electron chi connectivity index (χ0n) is 13.5. The van der Waals surface area contributed by atoms with Crippen LogP contribution in [0.2, 0.25) is 5.02 Å². The van der Waals surface area contributed by atoms with Crippen molar-refractivity contribution < 1.29 is 22.3 Å². The third kappa shape index (κ3) is 5.11. The summed E-state index contributed by atoms with van der Waals surface area (Å²) in [6.45, 7) is 0. The number of ether oxygens (including phenoxy) is 1. The Morgan fingerprint density at radius 2 is 1.70 bits per heavy atom. The topological polar surface area (TPSA) is 35.0 Å². The third-order valence-corrected chi connectivity index (χ3v) is 4.55. The van der Waals surface area contributed by atoms with Crippen molar-refractivity contribution in [1.29, 1.82) is 0 Å². The van der Waals surface area contributed by atoms with E-state index in [4.69, 9.17) is 16.3 Å². The highest BCUT2D eigenvalue weighted by molar-refractivity contribution is 7.98. The van der Waals surface area contributed by atoms with Crippen LogP contribution in [0, 0.1) is 5.82 Å². The van der Waals surface area contributed by atoms with Gasteiger partial charge in [0.1, 0.15) is 11.6 Å². The van der Waals surface area contributed by atoms with Gasteiger partial charge in [0.05, 0.1) is 5.02 Å². The minimum atomic E-state index is -4.69. The van der Waals surface area contributed by atoms with Crippen molar-refractivity contribution in [3.8, 4) is 11.6 Å². The lowest BCUT2D eigenvalue weighted by atomic mass is 10.2. The monoisotopic (exact) mass is 414 g/mol. The van der Waals surface area contributed by atoms with Gasteiger partial charge in [0, 0.05) is 11.8 Å². The molecule has 27 heavy (non-hydrogen) atoms. The maximum Gasteiger partial charge on any atom is 0.433 e. The van der Waals surface area contributed by atoms with Gasteiger partial charge in [0.2, 0.25) is 5.88 Å². The molecule has 0 N–H and O–H groups in total. The number of nitrogens with zero attached hydrogens (tertiary/aromatic N) is 2. The fraction of sp³-hybridized carbons (Fsp3) is 0.111. The molecule has 140 valence electrons. The van der Waals surface area contributed by atoms with E-state index in [9.17, 15) is 17.6 Å². The molecule has 0 atom stereocenters. The van der Waals surface area contributed by atoms with Crippen LogP contribution in [-0.4, -0.2) is 9.97 Å². The highest BCUT2D eigenvalue weighted by Gasteiger charge is 2.34. The van der Waals surface area contributed by atoms with Crippen molar-refractivity contribution >= 4 is 23.4 Å². The second kappa shape index (κ2) is 8.14. The maximum absolute atomic E-state index is 13.7. The van der Waals surface area contributed by atoms with Crippen LogP contribution in [0.15, 0.2) is 59.8 Å². The average molecular weight is 415 g/mol. The van der Waals surface area contributed by atoms with Crippen LogP contribution in [0.5, 0.6) is 11.6 Å². The van der Waals surface area contributed by atoms with Gasteiger partial charge in [-0.2, -0.15) is 18.2 Å². The molecule has 2 aromatic carbocycles. The number of aromatic nitrogens is 2. The first-order valence-electron chi connectivity index (χ1n) is 7.58. The summed E-state index contributed by atoms with van der Waals surface area (Å²) in [6.07, 6.45) is -4.69. The molecule has 1 heterocycles. The Kier molecular flexibility index (Phi) is 5.86. The largest absolute Gasteiger partial charge is 0.437 e. The molecule has 0 unspecified atom stereocenters. The number of thioether (sulfide) groups is 1. The fourth-order valence-corrected chi connectivity index (χ4v) is 3.07. The number of hydrogen-bond donors (Lipinski definition) is 0. The second-order valence-electron chi connectivity index (χ2n) is 5.28. The first-order valence-corrected chi connectivity index (χ1v) is 8.94. The molecule has 0 saturated heterocycles. The van der Waals surface area contributed by atoms with Crippen molar-refractivity contribution in [1.82, 2.24) is 9.97 Å². The molecular formula is C18H11ClF4N2OS. The Hall–Kier alpha value is -2.32. The molecule has 1 aromatic heterocycles. The zero-order chi connectivity index (χ0) is 19.4.